The SMILES string of the molecule is CC(C)c1cc(C(=O)N2CCOCC2)c(C(N)=O)s1. The van der Waals surface area contributed by atoms with Crippen molar-refractivity contribution in [1.29, 1.82) is 0 Å². The molecule has 1 fully saturated rings. The molecule has 1 saturated heterocycles. The van der Waals surface area contributed by atoms with Crippen molar-refractivity contribution in [2.75, 3.05) is 26.3 Å². The van der Waals surface area contributed by atoms with Gasteiger partial charge in [-0.05, 0) is 12.0 Å². The number of nitrogens with zero attached hydrogens (tertiary/aromatic N) is 1. The van der Waals surface area contributed by atoms with Crippen LogP contribution in [0, 0.1) is 0 Å². The molecule has 5 nitrogen and oxygen atoms in total. The van der Waals surface area contributed by atoms with Gasteiger partial charge in [-0.2, -0.15) is 0 Å². The first-order chi connectivity index (χ1) is 9.00. The molecule has 0 spiro atoms. The predicted octanol–water partition coefficient (Wildman–Crippen LogP) is 1.44. The Hall–Kier alpha value is -1.40. The zero-order chi connectivity index (χ0) is 14.0. The lowest BCUT2D eigenvalue weighted by Gasteiger charge is -2.26. The van der Waals surface area contributed by atoms with Gasteiger partial charge < -0.3 is 15.4 Å². The Balaban J connectivity index is 2.31. The molecule has 0 aliphatic carbocycles. The number of primary amides is 1. The maximum Gasteiger partial charge on any atom is 0.259 e. The third-order valence-electron chi connectivity index (χ3n) is 3.07. The number of carbonyl (C=O) groups is 2. The van der Waals surface area contributed by atoms with Crippen molar-refractivity contribution in [3.63, 3.8) is 0 Å². The van der Waals surface area contributed by atoms with Crippen LogP contribution in [0.4, 0.5) is 0 Å². The molecule has 2 N–H and O–H groups in total. The highest BCUT2D eigenvalue weighted by molar-refractivity contribution is 7.14. The molecule has 1 aliphatic heterocycles. The second-order valence-electron chi connectivity index (χ2n) is 4.82. The van der Waals surface area contributed by atoms with E-state index in [4.69, 9.17) is 10.5 Å². The standard InChI is InChI=1S/C13H18N2O3S/c1-8(2)10-7-9(11(19-10)12(14)16)13(17)15-3-5-18-6-4-15/h7-8H,3-6H2,1-2H3,(H2,14,16). The zero-order valence-corrected chi connectivity index (χ0v) is 12.0. The normalized spacial score (nSPS) is 15.8. The van der Waals surface area contributed by atoms with Crippen LogP contribution in [0.3, 0.4) is 0 Å². The van der Waals surface area contributed by atoms with Gasteiger partial charge in [-0.3, -0.25) is 9.59 Å². The van der Waals surface area contributed by atoms with Gasteiger partial charge in [0, 0.05) is 18.0 Å². The summed E-state index contributed by atoms with van der Waals surface area (Å²) in [6.45, 7) is 6.25. The summed E-state index contributed by atoms with van der Waals surface area (Å²) in [6, 6.07) is 1.80. The number of thiophene rings is 1. The highest BCUT2D eigenvalue weighted by Crippen LogP contribution is 2.29. The molecule has 2 heterocycles. The first-order valence-corrected chi connectivity index (χ1v) is 7.13. The van der Waals surface area contributed by atoms with Gasteiger partial charge in [0.15, 0.2) is 0 Å². The molecule has 104 valence electrons. The van der Waals surface area contributed by atoms with Crippen LogP contribution >= 0.6 is 11.3 Å². The lowest BCUT2D eigenvalue weighted by atomic mass is 10.1. The van der Waals surface area contributed by atoms with Gasteiger partial charge in [0.05, 0.1) is 18.8 Å². The summed E-state index contributed by atoms with van der Waals surface area (Å²) in [4.78, 5) is 27.0. The quantitative estimate of drug-likeness (QED) is 0.911. The molecule has 6 heteroatoms. The second kappa shape index (κ2) is 5.71. The van der Waals surface area contributed by atoms with Crippen LogP contribution in [0.25, 0.3) is 0 Å². The van der Waals surface area contributed by atoms with E-state index in [-0.39, 0.29) is 11.8 Å². The highest BCUT2D eigenvalue weighted by atomic mass is 32.1. The van der Waals surface area contributed by atoms with Crippen LogP contribution in [0.2, 0.25) is 0 Å². The number of carbonyl (C=O) groups excluding carboxylic acids is 2. The average Bonchev–Trinajstić information content (AvgIpc) is 2.84. The summed E-state index contributed by atoms with van der Waals surface area (Å²) in [5.74, 6) is -0.386. The topological polar surface area (TPSA) is 72.6 Å². The first kappa shape index (κ1) is 14.0. The van der Waals surface area contributed by atoms with Gasteiger partial charge in [-0.25, -0.2) is 0 Å². The monoisotopic (exact) mass is 282 g/mol. The van der Waals surface area contributed by atoms with E-state index < -0.39 is 5.91 Å². The van der Waals surface area contributed by atoms with Crippen LogP contribution in [0.1, 0.15) is 44.7 Å². The maximum absolute atomic E-state index is 12.4. The minimum absolute atomic E-state index is 0.125. The molecule has 1 aromatic heterocycles. The predicted molar refractivity (Wildman–Crippen MR) is 73.6 cm³/mol. The van der Waals surface area contributed by atoms with Crippen LogP contribution in [-0.2, 0) is 4.74 Å². The van der Waals surface area contributed by atoms with Crippen molar-refractivity contribution in [1.82, 2.24) is 4.90 Å². The molecular formula is C13H18N2O3S. The second-order valence-corrected chi connectivity index (χ2v) is 5.90. The summed E-state index contributed by atoms with van der Waals surface area (Å²) >= 11 is 1.31. The summed E-state index contributed by atoms with van der Waals surface area (Å²) in [6.07, 6.45) is 0. The molecule has 1 aromatic rings. The first-order valence-electron chi connectivity index (χ1n) is 6.31. The van der Waals surface area contributed by atoms with Gasteiger partial charge >= 0.3 is 0 Å². The number of nitrogens with two attached hydrogens (primary N) is 1. The van der Waals surface area contributed by atoms with Crippen molar-refractivity contribution < 1.29 is 14.3 Å². The maximum atomic E-state index is 12.4. The molecule has 19 heavy (non-hydrogen) atoms. The summed E-state index contributed by atoms with van der Waals surface area (Å²) in [5.41, 5.74) is 5.80. The number of hydrogen-bond acceptors (Lipinski definition) is 4. The van der Waals surface area contributed by atoms with Crippen molar-refractivity contribution in [2.45, 2.75) is 19.8 Å². The summed E-state index contributed by atoms with van der Waals surface area (Å²) in [7, 11) is 0. The third-order valence-corrected chi connectivity index (χ3v) is 4.52. The number of ether oxygens (including phenoxy) is 1. The fraction of sp³-hybridized carbons (Fsp3) is 0.538. The van der Waals surface area contributed by atoms with E-state index in [1.165, 1.54) is 11.3 Å². The van der Waals surface area contributed by atoms with Crippen LogP contribution in [-0.4, -0.2) is 43.0 Å². The van der Waals surface area contributed by atoms with E-state index in [2.05, 4.69) is 0 Å². The molecular weight excluding hydrogens is 264 g/mol. The number of morpholine rings is 1. The van der Waals surface area contributed by atoms with Gasteiger partial charge in [0.2, 0.25) is 0 Å². The van der Waals surface area contributed by atoms with Crippen molar-refractivity contribution in [3.8, 4) is 0 Å². The molecule has 0 unspecified atom stereocenters. The summed E-state index contributed by atoms with van der Waals surface area (Å²) in [5, 5.41) is 0. The van der Waals surface area contributed by atoms with E-state index in [0.717, 1.165) is 4.88 Å². The minimum atomic E-state index is -0.534. The number of amides is 2. The molecule has 1 aliphatic rings. The fourth-order valence-electron chi connectivity index (χ4n) is 1.97. The fourth-order valence-corrected chi connectivity index (χ4v) is 2.98. The van der Waals surface area contributed by atoms with Crippen molar-refractivity contribution in [2.24, 2.45) is 5.73 Å². The lowest BCUT2D eigenvalue weighted by Crippen LogP contribution is -2.41. The van der Waals surface area contributed by atoms with Gasteiger partial charge in [0.25, 0.3) is 11.8 Å². The Kier molecular flexibility index (Phi) is 4.21. The number of hydrogen-bond donors (Lipinski definition) is 1. The lowest BCUT2D eigenvalue weighted by molar-refractivity contribution is 0.0302. The van der Waals surface area contributed by atoms with Gasteiger partial charge in [0.1, 0.15) is 4.88 Å². The van der Waals surface area contributed by atoms with Gasteiger partial charge in [-0.1, -0.05) is 13.8 Å². The van der Waals surface area contributed by atoms with Crippen molar-refractivity contribution in [3.05, 3.63) is 21.4 Å². The highest BCUT2D eigenvalue weighted by Gasteiger charge is 2.25. The van der Waals surface area contributed by atoms with Crippen LogP contribution < -0.4 is 5.73 Å². The van der Waals surface area contributed by atoms with E-state index in [0.29, 0.717) is 36.7 Å². The average molecular weight is 282 g/mol. The molecule has 0 atom stereocenters. The van der Waals surface area contributed by atoms with Crippen LogP contribution in [0.15, 0.2) is 6.07 Å². The molecule has 0 bridgehead atoms. The van der Waals surface area contributed by atoms with Gasteiger partial charge in [-0.15, -0.1) is 11.3 Å². The number of rotatable bonds is 3. The van der Waals surface area contributed by atoms with Crippen molar-refractivity contribution >= 4 is 23.2 Å². The van der Waals surface area contributed by atoms with E-state index in [1.54, 1.807) is 11.0 Å². The molecule has 2 rings (SSSR count). The molecule has 0 aromatic carbocycles. The smallest absolute Gasteiger partial charge is 0.259 e. The van der Waals surface area contributed by atoms with E-state index >= 15 is 0 Å². The Labute approximate surface area is 116 Å². The third kappa shape index (κ3) is 2.96. The molecule has 0 radical (unpaired) electrons. The Morgan fingerprint density at radius 1 is 1.37 bits per heavy atom. The largest absolute Gasteiger partial charge is 0.378 e. The molecule has 2 amide bonds. The Bertz CT molecular complexity index is 490. The summed E-state index contributed by atoms with van der Waals surface area (Å²) < 4.78 is 5.22. The van der Waals surface area contributed by atoms with E-state index in [1.807, 2.05) is 13.8 Å². The van der Waals surface area contributed by atoms with E-state index in [9.17, 15) is 9.59 Å². The molecule has 0 saturated carbocycles. The zero-order valence-electron chi connectivity index (χ0n) is 11.1. The minimum Gasteiger partial charge on any atom is -0.378 e. The van der Waals surface area contributed by atoms with Crippen LogP contribution in [0.5, 0.6) is 0 Å². The Morgan fingerprint density at radius 2 is 2.00 bits per heavy atom. The Morgan fingerprint density at radius 3 is 2.53 bits per heavy atom.